The van der Waals surface area contributed by atoms with Crippen LogP contribution >= 0.6 is 33.2 Å². The molecule has 82 valence electrons. The molecule has 0 heterocycles. The molecule has 0 aliphatic heterocycles. The average molecular weight is 276 g/mol. The zero-order valence-electron chi connectivity index (χ0n) is 7.93. The van der Waals surface area contributed by atoms with Gasteiger partial charge in [0.1, 0.15) is 0 Å². The van der Waals surface area contributed by atoms with Gasteiger partial charge in [-0.05, 0) is 24.8 Å². The minimum Gasteiger partial charge on any atom is -0.469 e. The van der Waals surface area contributed by atoms with Crippen LogP contribution in [0.3, 0.4) is 0 Å². The van der Waals surface area contributed by atoms with Crippen LogP contribution in [0.5, 0.6) is 0 Å². The van der Waals surface area contributed by atoms with Crippen molar-refractivity contribution < 1.29 is 9.53 Å². The number of hydrogen-bond donors (Lipinski definition) is 0. The molecule has 2 nitrogen and oxygen atoms in total. The van der Waals surface area contributed by atoms with Crippen molar-refractivity contribution in [2.24, 2.45) is 5.92 Å². The lowest BCUT2D eigenvalue weighted by molar-refractivity contribution is -0.146. The Labute approximate surface area is 99.0 Å². The van der Waals surface area contributed by atoms with Crippen molar-refractivity contribution in [3.05, 3.63) is 0 Å². The van der Waals surface area contributed by atoms with Gasteiger partial charge in [-0.2, -0.15) is 0 Å². The molecular formula is C8H13Cl3O2Si. The van der Waals surface area contributed by atoms with E-state index in [0.29, 0.717) is 6.42 Å². The van der Waals surface area contributed by atoms with E-state index in [1.165, 1.54) is 7.11 Å². The van der Waals surface area contributed by atoms with E-state index in [1.54, 1.807) is 0 Å². The third kappa shape index (κ3) is 3.30. The van der Waals surface area contributed by atoms with E-state index >= 15 is 0 Å². The zero-order chi connectivity index (χ0) is 10.8. The Morgan fingerprint density at radius 3 is 2.50 bits per heavy atom. The summed E-state index contributed by atoms with van der Waals surface area (Å²) in [6.07, 6.45) is 3.41. The normalized spacial score (nSPS) is 28.6. The van der Waals surface area contributed by atoms with Crippen LogP contribution in [0.15, 0.2) is 0 Å². The first-order valence-corrected chi connectivity index (χ1v) is 9.71. The van der Waals surface area contributed by atoms with Crippen molar-refractivity contribution in [1.29, 1.82) is 0 Å². The molecule has 0 N–H and O–H groups in total. The zero-order valence-corrected chi connectivity index (χ0v) is 11.2. The van der Waals surface area contributed by atoms with Crippen molar-refractivity contribution in [2.45, 2.75) is 31.2 Å². The van der Waals surface area contributed by atoms with Crippen LogP contribution in [-0.4, -0.2) is 19.1 Å². The summed E-state index contributed by atoms with van der Waals surface area (Å²) < 4.78 is 4.70. The van der Waals surface area contributed by atoms with E-state index in [0.717, 1.165) is 19.3 Å². The minimum absolute atomic E-state index is 0.0677. The van der Waals surface area contributed by atoms with Crippen molar-refractivity contribution >= 4 is 45.2 Å². The molecular weight excluding hydrogens is 263 g/mol. The van der Waals surface area contributed by atoms with Crippen LogP contribution in [0.4, 0.5) is 0 Å². The second kappa shape index (κ2) is 5.06. The SMILES string of the molecule is COC(=O)C1CCCC([Si](Cl)(Cl)Cl)C1. The van der Waals surface area contributed by atoms with Gasteiger partial charge in [0.05, 0.1) is 13.0 Å². The molecule has 14 heavy (non-hydrogen) atoms. The van der Waals surface area contributed by atoms with Gasteiger partial charge in [-0.15, -0.1) is 33.2 Å². The molecule has 0 aromatic heterocycles. The maximum absolute atomic E-state index is 11.3. The highest BCUT2D eigenvalue weighted by molar-refractivity contribution is 7.65. The highest BCUT2D eigenvalue weighted by Gasteiger charge is 2.41. The number of rotatable bonds is 2. The van der Waals surface area contributed by atoms with E-state index < -0.39 is 6.00 Å². The number of methoxy groups -OCH3 is 1. The fourth-order valence-corrected chi connectivity index (χ4v) is 4.73. The molecule has 0 saturated heterocycles. The van der Waals surface area contributed by atoms with Gasteiger partial charge in [0.2, 0.25) is 0 Å². The fraction of sp³-hybridized carbons (Fsp3) is 0.875. The van der Waals surface area contributed by atoms with Crippen molar-refractivity contribution in [1.82, 2.24) is 0 Å². The second-order valence-corrected chi connectivity index (χ2v) is 12.6. The van der Waals surface area contributed by atoms with E-state index in [4.69, 9.17) is 38.0 Å². The summed E-state index contributed by atoms with van der Waals surface area (Å²) in [4.78, 5) is 11.3. The van der Waals surface area contributed by atoms with Crippen LogP contribution < -0.4 is 0 Å². The van der Waals surface area contributed by atoms with E-state index in [-0.39, 0.29) is 17.4 Å². The largest absolute Gasteiger partial charge is 0.469 e. The predicted molar refractivity (Wildman–Crippen MR) is 61.0 cm³/mol. The van der Waals surface area contributed by atoms with Gasteiger partial charge in [-0.3, -0.25) is 4.79 Å². The molecule has 1 rings (SSSR count). The molecule has 1 fully saturated rings. The lowest BCUT2D eigenvalue weighted by Crippen LogP contribution is -2.29. The minimum atomic E-state index is -2.65. The van der Waals surface area contributed by atoms with E-state index in [9.17, 15) is 4.79 Å². The molecule has 0 spiro atoms. The maximum Gasteiger partial charge on any atom is 0.344 e. The Bertz CT molecular complexity index is 217. The number of ether oxygens (including phenoxy) is 1. The maximum atomic E-state index is 11.3. The molecule has 1 aliphatic carbocycles. The number of halogens is 3. The molecule has 6 heteroatoms. The first-order valence-electron chi connectivity index (χ1n) is 4.59. The molecule has 0 bridgehead atoms. The van der Waals surface area contributed by atoms with Gasteiger partial charge >= 0.3 is 12.0 Å². The summed E-state index contributed by atoms with van der Waals surface area (Å²) >= 11 is 17.8. The highest BCUT2D eigenvalue weighted by atomic mass is 35.8. The molecule has 0 amide bonds. The van der Waals surface area contributed by atoms with Crippen molar-refractivity contribution in [3.8, 4) is 0 Å². The molecule has 2 unspecified atom stereocenters. The lowest BCUT2D eigenvalue weighted by Gasteiger charge is -2.30. The van der Waals surface area contributed by atoms with Gasteiger partial charge in [0, 0.05) is 0 Å². The summed E-state index contributed by atoms with van der Waals surface area (Å²) in [6.45, 7) is 0. The Morgan fingerprint density at radius 1 is 1.36 bits per heavy atom. The molecule has 1 saturated carbocycles. The topological polar surface area (TPSA) is 26.3 Å². The van der Waals surface area contributed by atoms with Crippen LogP contribution in [0.1, 0.15) is 25.7 Å². The summed E-state index contributed by atoms with van der Waals surface area (Å²) in [5.74, 6) is -0.236. The second-order valence-electron chi connectivity index (χ2n) is 3.63. The van der Waals surface area contributed by atoms with Crippen LogP contribution in [0, 0.1) is 5.92 Å². The Morgan fingerprint density at radius 2 is 2.00 bits per heavy atom. The van der Waals surface area contributed by atoms with Gasteiger partial charge in [-0.1, -0.05) is 6.42 Å². The Balaban J connectivity index is 2.56. The first-order chi connectivity index (χ1) is 6.45. The fourth-order valence-electron chi connectivity index (χ4n) is 1.87. The van der Waals surface area contributed by atoms with Gasteiger partial charge in [0.15, 0.2) is 0 Å². The van der Waals surface area contributed by atoms with Gasteiger partial charge in [-0.25, -0.2) is 0 Å². The quantitative estimate of drug-likeness (QED) is 0.439. The Hall–Kier alpha value is 0.557. The summed E-state index contributed by atoms with van der Waals surface area (Å²) in [6, 6.07) is -2.65. The lowest BCUT2D eigenvalue weighted by atomic mass is 9.89. The summed E-state index contributed by atoms with van der Waals surface area (Å²) in [5.41, 5.74) is 0.102. The van der Waals surface area contributed by atoms with Crippen LogP contribution in [0.25, 0.3) is 0 Å². The number of carbonyl (C=O) groups is 1. The number of esters is 1. The van der Waals surface area contributed by atoms with Crippen molar-refractivity contribution in [2.75, 3.05) is 7.11 Å². The third-order valence-electron chi connectivity index (χ3n) is 2.67. The van der Waals surface area contributed by atoms with Crippen molar-refractivity contribution in [3.63, 3.8) is 0 Å². The third-order valence-corrected chi connectivity index (χ3v) is 6.90. The summed E-state index contributed by atoms with van der Waals surface area (Å²) in [7, 11) is 1.40. The van der Waals surface area contributed by atoms with Crippen LogP contribution in [0.2, 0.25) is 5.54 Å². The molecule has 0 radical (unpaired) electrons. The molecule has 0 aromatic rings. The van der Waals surface area contributed by atoms with Crippen LogP contribution in [-0.2, 0) is 9.53 Å². The monoisotopic (exact) mass is 274 g/mol. The number of hydrogen-bond acceptors (Lipinski definition) is 2. The smallest absolute Gasteiger partial charge is 0.344 e. The van der Waals surface area contributed by atoms with Gasteiger partial charge < -0.3 is 4.74 Å². The molecule has 0 aromatic carbocycles. The standard InChI is InChI=1S/C8H13Cl3O2Si/c1-13-8(12)6-3-2-4-7(5-6)14(9,10)11/h6-7H,2-5H2,1H3. The highest BCUT2D eigenvalue weighted by Crippen LogP contribution is 2.45. The summed E-state index contributed by atoms with van der Waals surface area (Å²) in [5, 5.41) is 0. The van der Waals surface area contributed by atoms with Gasteiger partial charge in [0.25, 0.3) is 0 Å². The average Bonchev–Trinajstić information content (AvgIpc) is 2.15. The molecule has 1 aliphatic rings. The molecule has 2 atom stereocenters. The van der Waals surface area contributed by atoms with E-state index in [1.807, 2.05) is 0 Å². The van der Waals surface area contributed by atoms with E-state index in [2.05, 4.69) is 0 Å². The number of carbonyl (C=O) groups excluding carboxylic acids is 1. The predicted octanol–water partition coefficient (Wildman–Crippen LogP) is 3.38. The Kier molecular flexibility index (Phi) is 4.56. The first kappa shape index (κ1) is 12.6.